The lowest BCUT2D eigenvalue weighted by atomic mass is 10.0. The Morgan fingerprint density at radius 3 is 2.90 bits per heavy atom. The molecule has 1 aliphatic heterocycles. The van der Waals surface area contributed by atoms with E-state index in [1.165, 1.54) is 5.56 Å². The molecule has 0 radical (unpaired) electrons. The van der Waals surface area contributed by atoms with Crippen molar-refractivity contribution < 1.29 is 9.63 Å². The third-order valence-corrected chi connectivity index (χ3v) is 3.55. The second-order valence-corrected chi connectivity index (χ2v) is 5.11. The molecule has 0 saturated carbocycles. The Morgan fingerprint density at radius 2 is 2.05 bits per heavy atom. The van der Waals surface area contributed by atoms with E-state index < -0.39 is 0 Å². The van der Waals surface area contributed by atoms with Gasteiger partial charge >= 0.3 is 0 Å². The first-order valence-electron chi connectivity index (χ1n) is 7.16. The van der Waals surface area contributed by atoms with Gasteiger partial charge in [-0.05, 0) is 42.2 Å². The number of benzene rings is 2. The van der Waals surface area contributed by atoms with Crippen molar-refractivity contribution in [1.29, 1.82) is 0 Å². The minimum absolute atomic E-state index is 0.209. The van der Waals surface area contributed by atoms with Crippen molar-refractivity contribution in [1.82, 2.24) is 5.48 Å². The summed E-state index contributed by atoms with van der Waals surface area (Å²) in [6.07, 6.45) is 2.11. The molecule has 4 nitrogen and oxygen atoms in total. The molecular weight excluding hydrogens is 264 g/mol. The first-order chi connectivity index (χ1) is 10.3. The third-order valence-electron chi connectivity index (χ3n) is 3.55. The maximum absolute atomic E-state index is 12.1. The van der Waals surface area contributed by atoms with Gasteiger partial charge in [0.15, 0.2) is 0 Å². The minimum Gasteiger partial charge on any atom is -0.385 e. The SMILES string of the molecule is O=C(NOCc1ccccc1)c1ccc2c(c1)CCCN2. The van der Waals surface area contributed by atoms with Crippen LogP contribution in [0.3, 0.4) is 0 Å². The largest absolute Gasteiger partial charge is 0.385 e. The lowest BCUT2D eigenvalue weighted by Gasteiger charge is -2.18. The van der Waals surface area contributed by atoms with Crippen molar-refractivity contribution in [3.05, 3.63) is 65.2 Å². The molecular formula is C17H18N2O2. The van der Waals surface area contributed by atoms with Gasteiger partial charge < -0.3 is 5.32 Å². The molecule has 0 spiro atoms. The highest BCUT2D eigenvalue weighted by atomic mass is 16.6. The van der Waals surface area contributed by atoms with Crippen LogP contribution in [0.1, 0.15) is 27.9 Å². The minimum atomic E-state index is -0.209. The number of rotatable bonds is 4. The molecule has 0 fully saturated rings. The van der Waals surface area contributed by atoms with Crippen LogP contribution in [-0.4, -0.2) is 12.5 Å². The van der Waals surface area contributed by atoms with Gasteiger partial charge in [0, 0.05) is 17.8 Å². The van der Waals surface area contributed by atoms with Gasteiger partial charge in [0.1, 0.15) is 0 Å². The van der Waals surface area contributed by atoms with Crippen molar-refractivity contribution in [3.8, 4) is 0 Å². The van der Waals surface area contributed by atoms with Gasteiger partial charge in [-0.3, -0.25) is 9.63 Å². The molecule has 0 atom stereocenters. The van der Waals surface area contributed by atoms with E-state index in [0.29, 0.717) is 12.2 Å². The Bertz CT molecular complexity index is 626. The van der Waals surface area contributed by atoms with Crippen molar-refractivity contribution >= 4 is 11.6 Å². The van der Waals surface area contributed by atoms with Crippen LogP contribution in [0.25, 0.3) is 0 Å². The number of hydrogen-bond donors (Lipinski definition) is 2. The molecule has 4 heteroatoms. The molecule has 0 bridgehead atoms. The predicted molar refractivity (Wildman–Crippen MR) is 81.9 cm³/mol. The van der Waals surface area contributed by atoms with Gasteiger partial charge in [0.25, 0.3) is 5.91 Å². The maximum Gasteiger partial charge on any atom is 0.274 e. The monoisotopic (exact) mass is 282 g/mol. The van der Waals surface area contributed by atoms with E-state index >= 15 is 0 Å². The molecule has 2 aromatic rings. The Balaban J connectivity index is 1.58. The lowest BCUT2D eigenvalue weighted by molar-refractivity contribution is 0.0233. The van der Waals surface area contributed by atoms with Gasteiger partial charge in [0.05, 0.1) is 6.61 Å². The maximum atomic E-state index is 12.1. The second kappa shape index (κ2) is 6.41. The molecule has 1 amide bonds. The second-order valence-electron chi connectivity index (χ2n) is 5.11. The summed E-state index contributed by atoms with van der Waals surface area (Å²) in [6.45, 7) is 1.36. The summed E-state index contributed by atoms with van der Waals surface area (Å²) in [5, 5.41) is 3.33. The molecule has 108 valence electrons. The summed E-state index contributed by atoms with van der Waals surface area (Å²) < 4.78 is 0. The Morgan fingerprint density at radius 1 is 1.19 bits per heavy atom. The van der Waals surface area contributed by atoms with Gasteiger partial charge in [-0.25, -0.2) is 5.48 Å². The fourth-order valence-electron chi connectivity index (χ4n) is 2.43. The highest BCUT2D eigenvalue weighted by Crippen LogP contribution is 2.22. The summed E-state index contributed by atoms with van der Waals surface area (Å²) in [5.41, 5.74) is 6.47. The highest BCUT2D eigenvalue weighted by molar-refractivity contribution is 5.94. The van der Waals surface area contributed by atoms with Crippen LogP contribution >= 0.6 is 0 Å². The summed E-state index contributed by atoms with van der Waals surface area (Å²) in [7, 11) is 0. The number of anilines is 1. The van der Waals surface area contributed by atoms with Crippen LogP contribution < -0.4 is 10.8 Å². The molecule has 21 heavy (non-hydrogen) atoms. The zero-order valence-electron chi connectivity index (χ0n) is 11.8. The summed E-state index contributed by atoms with van der Waals surface area (Å²) in [6, 6.07) is 15.5. The van der Waals surface area contributed by atoms with Crippen LogP contribution in [0, 0.1) is 0 Å². The average molecular weight is 282 g/mol. The van der Waals surface area contributed by atoms with E-state index in [4.69, 9.17) is 4.84 Å². The van der Waals surface area contributed by atoms with E-state index in [-0.39, 0.29) is 5.91 Å². The molecule has 1 heterocycles. The first-order valence-corrected chi connectivity index (χ1v) is 7.16. The Hall–Kier alpha value is -2.33. The van der Waals surface area contributed by atoms with Crippen LogP contribution in [0.4, 0.5) is 5.69 Å². The number of carbonyl (C=O) groups is 1. The van der Waals surface area contributed by atoms with Crippen molar-refractivity contribution in [2.45, 2.75) is 19.4 Å². The van der Waals surface area contributed by atoms with Crippen LogP contribution in [0.15, 0.2) is 48.5 Å². The number of carbonyl (C=O) groups excluding carboxylic acids is 1. The van der Waals surface area contributed by atoms with Crippen LogP contribution in [0.2, 0.25) is 0 Å². The average Bonchev–Trinajstić information content (AvgIpc) is 2.55. The molecule has 3 rings (SSSR count). The molecule has 2 N–H and O–H groups in total. The Labute approximate surface area is 124 Å². The number of hydrogen-bond acceptors (Lipinski definition) is 3. The van der Waals surface area contributed by atoms with Gasteiger partial charge in [-0.1, -0.05) is 30.3 Å². The van der Waals surface area contributed by atoms with E-state index in [1.807, 2.05) is 48.5 Å². The van der Waals surface area contributed by atoms with E-state index in [9.17, 15) is 4.79 Å². The van der Waals surface area contributed by atoms with E-state index in [2.05, 4.69) is 10.8 Å². The molecule has 0 saturated heterocycles. The number of fused-ring (bicyclic) bond motifs is 1. The number of nitrogens with one attached hydrogen (secondary N) is 2. The highest BCUT2D eigenvalue weighted by Gasteiger charge is 2.12. The zero-order valence-corrected chi connectivity index (χ0v) is 11.8. The zero-order chi connectivity index (χ0) is 14.5. The Kier molecular flexibility index (Phi) is 4.17. The summed E-state index contributed by atoms with van der Waals surface area (Å²) in [4.78, 5) is 17.3. The summed E-state index contributed by atoms with van der Waals surface area (Å²) in [5.74, 6) is -0.209. The molecule has 0 aromatic heterocycles. The number of hydroxylamine groups is 1. The molecule has 0 unspecified atom stereocenters. The van der Waals surface area contributed by atoms with Gasteiger partial charge in [0.2, 0.25) is 0 Å². The predicted octanol–water partition coefficient (Wildman–Crippen LogP) is 2.91. The standard InChI is InChI=1S/C17H18N2O2/c20-17(19-21-12-13-5-2-1-3-6-13)15-8-9-16-14(11-15)7-4-10-18-16/h1-3,5-6,8-9,11,18H,4,7,10,12H2,(H,19,20). The quantitative estimate of drug-likeness (QED) is 0.848. The van der Waals surface area contributed by atoms with Gasteiger partial charge in [-0.15, -0.1) is 0 Å². The van der Waals surface area contributed by atoms with Crippen molar-refractivity contribution in [3.63, 3.8) is 0 Å². The molecule has 2 aromatic carbocycles. The van der Waals surface area contributed by atoms with E-state index in [1.54, 1.807) is 0 Å². The topological polar surface area (TPSA) is 50.4 Å². The van der Waals surface area contributed by atoms with Crippen LogP contribution in [-0.2, 0) is 17.9 Å². The fraction of sp³-hybridized carbons (Fsp3) is 0.235. The fourth-order valence-corrected chi connectivity index (χ4v) is 2.43. The van der Waals surface area contributed by atoms with Crippen molar-refractivity contribution in [2.24, 2.45) is 0 Å². The number of aryl methyl sites for hydroxylation is 1. The molecule has 0 aliphatic carbocycles. The normalized spacial score (nSPS) is 13.1. The lowest BCUT2D eigenvalue weighted by Crippen LogP contribution is -2.24. The number of amides is 1. The van der Waals surface area contributed by atoms with E-state index in [0.717, 1.165) is 30.6 Å². The van der Waals surface area contributed by atoms with Crippen molar-refractivity contribution in [2.75, 3.05) is 11.9 Å². The first kappa shape index (κ1) is 13.6. The third kappa shape index (κ3) is 3.41. The van der Waals surface area contributed by atoms with Gasteiger partial charge in [-0.2, -0.15) is 0 Å². The smallest absolute Gasteiger partial charge is 0.274 e. The molecule has 1 aliphatic rings. The summed E-state index contributed by atoms with van der Waals surface area (Å²) >= 11 is 0. The van der Waals surface area contributed by atoms with Crippen LogP contribution in [0.5, 0.6) is 0 Å².